The molecule has 1 unspecified atom stereocenters. The van der Waals surface area contributed by atoms with Gasteiger partial charge in [-0.2, -0.15) is 10.4 Å². The Hall–Kier alpha value is -2.19. The third-order valence-electron chi connectivity index (χ3n) is 2.52. The van der Waals surface area contributed by atoms with E-state index in [1.54, 1.807) is 24.0 Å². The fourth-order valence-corrected chi connectivity index (χ4v) is 1.65. The number of hydrogen-bond donors (Lipinski definition) is 1. The summed E-state index contributed by atoms with van der Waals surface area (Å²) in [7, 11) is 1.77. The van der Waals surface area contributed by atoms with E-state index in [1.807, 2.05) is 6.07 Å². The number of benzene rings is 1. The minimum atomic E-state index is -0.596. The maximum Gasteiger partial charge on any atom is 0.123 e. The zero-order chi connectivity index (χ0) is 12.4. The van der Waals surface area contributed by atoms with Crippen molar-refractivity contribution in [3.8, 4) is 6.07 Å². The van der Waals surface area contributed by atoms with Crippen LogP contribution in [0.3, 0.4) is 0 Å². The van der Waals surface area contributed by atoms with E-state index in [0.29, 0.717) is 16.8 Å². The predicted molar refractivity (Wildman–Crippen MR) is 60.4 cm³/mol. The smallest absolute Gasteiger partial charge is 0.123 e. The van der Waals surface area contributed by atoms with Crippen LogP contribution in [-0.2, 0) is 7.05 Å². The summed E-state index contributed by atoms with van der Waals surface area (Å²) in [5.74, 6) is -0.412. The van der Waals surface area contributed by atoms with Gasteiger partial charge in [-0.3, -0.25) is 4.68 Å². The average molecular weight is 230 g/mol. The normalized spacial score (nSPS) is 12.1. The summed E-state index contributed by atoms with van der Waals surface area (Å²) in [6, 6.07) is 7.09. The number of nitrogens with zero attached hydrogens (tertiary/aromatic N) is 3. The number of rotatable bonds is 2. The third kappa shape index (κ3) is 2.17. The van der Waals surface area contributed by atoms with Crippen molar-refractivity contribution in [2.75, 3.05) is 0 Å². The maximum absolute atomic E-state index is 13.2. The highest BCUT2D eigenvalue weighted by Crippen LogP contribution is 2.22. The number of aromatic nitrogens is 2. The molecule has 86 valence electrons. The third-order valence-corrected chi connectivity index (χ3v) is 2.52. The molecule has 0 fully saturated rings. The Morgan fingerprint density at radius 2 is 2.24 bits per heavy atom. The minimum absolute atomic E-state index is 0.365. The number of halogens is 1. The molecule has 1 aromatic heterocycles. The van der Waals surface area contributed by atoms with Crippen molar-refractivity contribution in [1.82, 2.24) is 9.78 Å². The maximum atomic E-state index is 13.2. The Morgan fingerprint density at radius 1 is 1.47 bits per heavy atom. The second kappa shape index (κ2) is 4.36. The van der Waals surface area contributed by atoms with Gasteiger partial charge in [-0.15, -0.1) is 0 Å². The first-order chi connectivity index (χ1) is 8.11. The van der Waals surface area contributed by atoms with Crippen LogP contribution in [0.4, 0.5) is 4.39 Å². The zero-order valence-corrected chi connectivity index (χ0v) is 9.26. The van der Waals surface area contributed by atoms with Crippen molar-refractivity contribution in [2.24, 2.45) is 12.8 Å². The number of nitrogens with two attached hydrogens (primary N) is 1. The van der Waals surface area contributed by atoms with Gasteiger partial charge in [0, 0.05) is 13.2 Å². The predicted octanol–water partition coefficient (Wildman–Crippen LogP) is 1.48. The van der Waals surface area contributed by atoms with E-state index >= 15 is 0 Å². The molecule has 2 N–H and O–H groups in total. The van der Waals surface area contributed by atoms with Gasteiger partial charge in [-0.05, 0) is 29.8 Å². The largest absolute Gasteiger partial charge is 0.319 e. The van der Waals surface area contributed by atoms with Gasteiger partial charge in [-0.1, -0.05) is 0 Å². The topological polar surface area (TPSA) is 67.6 Å². The lowest BCUT2D eigenvalue weighted by molar-refractivity contribution is 0.622. The molecule has 1 aromatic carbocycles. The molecule has 2 rings (SSSR count). The molecule has 17 heavy (non-hydrogen) atoms. The van der Waals surface area contributed by atoms with E-state index in [2.05, 4.69) is 5.10 Å². The van der Waals surface area contributed by atoms with Crippen molar-refractivity contribution in [3.63, 3.8) is 0 Å². The van der Waals surface area contributed by atoms with Gasteiger partial charge >= 0.3 is 0 Å². The Labute approximate surface area is 98.1 Å². The summed E-state index contributed by atoms with van der Waals surface area (Å²) in [6.07, 6.45) is 1.75. The quantitative estimate of drug-likeness (QED) is 0.849. The molecular formula is C12H11FN4. The molecule has 0 aliphatic rings. The fraction of sp³-hybridized carbons (Fsp3) is 0.167. The van der Waals surface area contributed by atoms with E-state index in [9.17, 15) is 4.39 Å². The van der Waals surface area contributed by atoms with Crippen LogP contribution in [0, 0.1) is 17.1 Å². The summed E-state index contributed by atoms with van der Waals surface area (Å²) in [5, 5.41) is 13.1. The average Bonchev–Trinajstić information content (AvgIpc) is 2.75. The highest BCUT2D eigenvalue weighted by molar-refractivity contribution is 5.42. The Balaban J connectivity index is 2.46. The molecule has 0 spiro atoms. The van der Waals surface area contributed by atoms with Crippen LogP contribution in [0.25, 0.3) is 0 Å². The minimum Gasteiger partial charge on any atom is -0.319 e. The molecular weight excluding hydrogens is 219 g/mol. The van der Waals surface area contributed by atoms with Gasteiger partial charge in [0.25, 0.3) is 0 Å². The van der Waals surface area contributed by atoms with Crippen molar-refractivity contribution < 1.29 is 4.39 Å². The summed E-state index contributed by atoms with van der Waals surface area (Å²) in [5.41, 5.74) is 7.40. The van der Waals surface area contributed by atoms with Crippen LogP contribution in [-0.4, -0.2) is 9.78 Å². The number of aryl methyl sites for hydroxylation is 1. The highest BCUT2D eigenvalue weighted by Gasteiger charge is 2.16. The second-order valence-electron chi connectivity index (χ2n) is 3.74. The first kappa shape index (κ1) is 11.3. The summed E-state index contributed by atoms with van der Waals surface area (Å²) < 4.78 is 14.8. The SMILES string of the molecule is Cn1ccc(C(N)c2cc(F)ccc2C#N)n1. The van der Waals surface area contributed by atoms with Crippen LogP contribution in [0.2, 0.25) is 0 Å². The van der Waals surface area contributed by atoms with Crippen LogP contribution in [0.15, 0.2) is 30.5 Å². The summed E-state index contributed by atoms with van der Waals surface area (Å²) >= 11 is 0. The molecule has 0 amide bonds. The molecule has 0 saturated heterocycles. The summed E-state index contributed by atoms with van der Waals surface area (Å²) in [4.78, 5) is 0. The molecule has 2 aromatic rings. The van der Waals surface area contributed by atoms with Crippen molar-refractivity contribution in [2.45, 2.75) is 6.04 Å². The molecule has 0 saturated carbocycles. The lowest BCUT2D eigenvalue weighted by Gasteiger charge is -2.11. The number of hydrogen-bond acceptors (Lipinski definition) is 3. The molecule has 0 aliphatic carbocycles. The lowest BCUT2D eigenvalue weighted by Crippen LogP contribution is -2.14. The van der Waals surface area contributed by atoms with E-state index in [1.165, 1.54) is 18.2 Å². The molecule has 0 radical (unpaired) electrons. The van der Waals surface area contributed by atoms with E-state index in [0.717, 1.165) is 0 Å². The van der Waals surface area contributed by atoms with Gasteiger partial charge < -0.3 is 5.73 Å². The molecule has 4 nitrogen and oxygen atoms in total. The Morgan fingerprint density at radius 3 is 2.82 bits per heavy atom. The first-order valence-electron chi connectivity index (χ1n) is 5.06. The molecule has 1 atom stereocenters. The fourth-order valence-electron chi connectivity index (χ4n) is 1.65. The second-order valence-corrected chi connectivity index (χ2v) is 3.74. The van der Waals surface area contributed by atoms with Crippen LogP contribution in [0.5, 0.6) is 0 Å². The molecule has 5 heteroatoms. The van der Waals surface area contributed by atoms with E-state index in [4.69, 9.17) is 11.0 Å². The molecule has 0 bridgehead atoms. The van der Waals surface area contributed by atoms with Crippen molar-refractivity contribution >= 4 is 0 Å². The van der Waals surface area contributed by atoms with Gasteiger partial charge in [0.05, 0.1) is 23.4 Å². The molecule has 1 heterocycles. The number of nitriles is 1. The zero-order valence-electron chi connectivity index (χ0n) is 9.26. The lowest BCUT2D eigenvalue weighted by atomic mass is 9.99. The van der Waals surface area contributed by atoms with Crippen LogP contribution in [0.1, 0.15) is 22.9 Å². The van der Waals surface area contributed by atoms with Crippen LogP contribution >= 0.6 is 0 Å². The van der Waals surface area contributed by atoms with Gasteiger partial charge in [0.2, 0.25) is 0 Å². The molecule has 0 aliphatic heterocycles. The summed E-state index contributed by atoms with van der Waals surface area (Å²) in [6.45, 7) is 0. The van der Waals surface area contributed by atoms with Crippen molar-refractivity contribution in [3.05, 3.63) is 53.1 Å². The Bertz CT molecular complexity index is 582. The highest BCUT2D eigenvalue weighted by atomic mass is 19.1. The monoisotopic (exact) mass is 230 g/mol. The van der Waals surface area contributed by atoms with Crippen LogP contribution < -0.4 is 5.73 Å². The van der Waals surface area contributed by atoms with Gasteiger partial charge in [0.15, 0.2) is 0 Å². The van der Waals surface area contributed by atoms with Crippen molar-refractivity contribution in [1.29, 1.82) is 5.26 Å². The van der Waals surface area contributed by atoms with E-state index in [-0.39, 0.29) is 0 Å². The standard InChI is InChI=1S/C12H11FN4/c1-17-5-4-11(16-17)12(15)10-6-9(13)3-2-8(10)7-14/h2-6,12H,15H2,1H3. The van der Waals surface area contributed by atoms with Gasteiger partial charge in [-0.25, -0.2) is 4.39 Å². The van der Waals surface area contributed by atoms with E-state index < -0.39 is 11.9 Å². The Kier molecular flexibility index (Phi) is 2.90. The first-order valence-corrected chi connectivity index (χ1v) is 5.06. The van der Waals surface area contributed by atoms with Gasteiger partial charge in [0.1, 0.15) is 5.82 Å².